The van der Waals surface area contributed by atoms with Crippen LogP contribution in [-0.2, 0) is 16.4 Å². The van der Waals surface area contributed by atoms with Gasteiger partial charge in [0.2, 0.25) is 9.84 Å². The van der Waals surface area contributed by atoms with Crippen LogP contribution in [0.2, 0.25) is 5.02 Å². The topological polar surface area (TPSA) is 81.2 Å². The lowest BCUT2D eigenvalue weighted by Crippen LogP contribution is -2.08. The van der Waals surface area contributed by atoms with Crippen LogP contribution in [0.25, 0.3) is 0 Å². The van der Waals surface area contributed by atoms with Gasteiger partial charge in [0.1, 0.15) is 11.6 Å². The average Bonchev–Trinajstić information content (AvgIpc) is 2.67. The summed E-state index contributed by atoms with van der Waals surface area (Å²) in [7, 11) is -2.11. The maximum Gasteiger partial charge on any atom is 0.225 e. The molecule has 6 nitrogen and oxygen atoms in total. The predicted octanol–water partition coefficient (Wildman–Crippen LogP) is 3.58. The smallest absolute Gasteiger partial charge is 0.225 e. The minimum Gasteiger partial charge on any atom is -0.497 e. The Balaban J connectivity index is 1.70. The molecule has 3 aromatic rings. The van der Waals surface area contributed by atoms with Crippen molar-refractivity contribution in [1.29, 1.82) is 0 Å². The molecule has 1 N–H and O–H groups in total. The molecular formula is C18H16ClN3O3S. The molecule has 0 saturated carbocycles. The summed E-state index contributed by atoms with van der Waals surface area (Å²) >= 11 is 5.79. The van der Waals surface area contributed by atoms with Crippen LogP contribution in [0.5, 0.6) is 5.75 Å². The fraction of sp³-hybridized carbons (Fsp3) is 0.111. The van der Waals surface area contributed by atoms with Crippen molar-refractivity contribution >= 4 is 27.3 Å². The summed E-state index contributed by atoms with van der Waals surface area (Å²) in [6.07, 6.45) is 0. The predicted molar refractivity (Wildman–Crippen MR) is 99.3 cm³/mol. The third-order valence-corrected chi connectivity index (χ3v) is 5.59. The molecule has 1 heterocycles. The van der Waals surface area contributed by atoms with E-state index < -0.39 is 9.84 Å². The van der Waals surface area contributed by atoms with E-state index in [1.54, 1.807) is 13.2 Å². The molecule has 26 heavy (non-hydrogen) atoms. The third kappa shape index (κ3) is 4.12. The summed E-state index contributed by atoms with van der Waals surface area (Å²) in [4.78, 5) is 0.121. The van der Waals surface area contributed by atoms with Gasteiger partial charge in [-0.05, 0) is 54.1 Å². The molecule has 0 radical (unpaired) electrons. The lowest BCUT2D eigenvalue weighted by molar-refractivity contribution is 0.414. The number of methoxy groups -OCH3 is 1. The molecule has 0 fully saturated rings. The second kappa shape index (κ2) is 7.72. The van der Waals surface area contributed by atoms with Gasteiger partial charge in [0.15, 0.2) is 5.03 Å². The number of rotatable bonds is 6. The zero-order valence-corrected chi connectivity index (χ0v) is 15.5. The molecule has 0 aliphatic rings. The number of nitrogens with zero attached hydrogens (tertiary/aromatic N) is 2. The van der Waals surface area contributed by atoms with Crippen molar-refractivity contribution in [2.75, 3.05) is 12.4 Å². The number of hydrogen-bond acceptors (Lipinski definition) is 6. The largest absolute Gasteiger partial charge is 0.497 e. The summed E-state index contributed by atoms with van der Waals surface area (Å²) in [5.41, 5.74) is 1.03. The number of aromatic nitrogens is 2. The van der Waals surface area contributed by atoms with E-state index in [0.29, 0.717) is 17.4 Å². The van der Waals surface area contributed by atoms with Crippen LogP contribution < -0.4 is 10.1 Å². The van der Waals surface area contributed by atoms with E-state index in [1.807, 2.05) is 24.3 Å². The minimum atomic E-state index is -3.72. The van der Waals surface area contributed by atoms with Crippen LogP contribution in [0.4, 0.5) is 5.82 Å². The van der Waals surface area contributed by atoms with E-state index in [2.05, 4.69) is 15.5 Å². The molecule has 1 aromatic heterocycles. The normalized spacial score (nSPS) is 11.2. The summed E-state index contributed by atoms with van der Waals surface area (Å²) in [5, 5.41) is 11.2. The summed E-state index contributed by atoms with van der Waals surface area (Å²) in [5.74, 6) is 1.26. The number of halogens is 1. The van der Waals surface area contributed by atoms with Gasteiger partial charge in [0.05, 0.1) is 12.0 Å². The number of anilines is 1. The van der Waals surface area contributed by atoms with Gasteiger partial charge in [-0.3, -0.25) is 0 Å². The lowest BCUT2D eigenvalue weighted by Gasteiger charge is -2.07. The first kappa shape index (κ1) is 18.2. The Morgan fingerprint density at radius 1 is 0.962 bits per heavy atom. The molecule has 0 unspecified atom stereocenters. The Hall–Kier alpha value is -2.64. The van der Waals surface area contributed by atoms with Crippen molar-refractivity contribution in [2.45, 2.75) is 16.5 Å². The van der Waals surface area contributed by atoms with Crippen molar-refractivity contribution in [2.24, 2.45) is 0 Å². The van der Waals surface area contributed by atoms with Gasteiger partial charge in [0.25, 0.3) is 0 Å². The molecule has 3 rings (SSSR count). The number of hydrogen-bond donors (Lipinski definition) is 1. The van der Waals surface area contributed by atoms with E-state index in [0.717, 1.165) is 11.3 Å². The highest BCUT2D eigenvalue weighted by atomic mass is 35.5. The number of ether oxygens (including phenoxy) is 1. The molecule has 8 heteroatoms. The van der Waals surface area contributed by atoms with Crippen LogP contribution in [0.15, 0.2) is 70.6 Å². The van der Waals surface area contributed by atoms with Crippen molar-refractivity contribution in [1.82, 2.24) is 10.2 Å². The highest BCUT2D eigenvalue weighted by Crippen LogP contribution is 2.21. The second-order valence-corrected chi connectivity index (χ2v) is 7.75. The maximum atomic E-state index is 12.5. The number of benzene rings is 2. The molecule has 0 atom stereocenters. The standard InChI is InChI=1S/C18H16ClN3O3S/c1-25-15-6-2-13(3-7-15)12-20-17-10-11-18(22-21-17)26(23,24)16-8-4-14(19)5-9-16/h2-11H,12H2,1H3,(H,20,21). The Kier molecular flexibility index (Phi) is 5.39. The van der Waals surface area contributed by atoms with Crippen LogP contribution in [0, 0.1) is 0 Å². The van der Waals surface area contributed by atoms with Crippen LogP contribution in [0.1, 0.15) is 5.56 Å². The van der Waals surface area contributed by atoms with E-state index in [-0.39, 0.29) is 9.92 Å². The first-order chi connectivity index (χ1) is 12.5. The Bertz CT molecular complexity index is 974. The van der Waals surface area contributed by atoms with Gasteiger partial charge in [-0.2, -0.15) is 0 Å². The zero-order valence-electron chi connectivity index (χ0n) is 13.9. The molecule has 2 aromatic carbocycles. The summed E-state index contributed by atoms with van der Waals surface area (Å²) < 4.78 is 30.1. The zero-order chi connectivity index (χ0) is 18.6. The third-order valence-electron chi connectivity index (χ3n) is 3.67. The number of sulfone groups is 1. The Morgan fingerprint density at radius 2 is 1.65 bits per heavy atom. The first-order valence-corrected chi connectivity index (χ1v) is 9.56. The molecule has 134 valence electrons. The van der Waals surface area contributed by atoms with Crippen molar-refractivity contribution in [3.8, 4) is 5.75 Å². The van der Waals surface area contributed by atoms with Crippen molar-refractivity contribution in [3.05, 3.63) is 71.2 Å². The second-order valence-electron chi connectivity index (χ2n) is 5.42. The highest BCUT2D eigenvalue weighted by molar-refractivity contribution is 7.91. The first-order valence-electron chi connectivity index (χ1n) is 7.70. The lowest BCUT2D eigenvalue weighted by atomic mass is 10.2. The molecule has 0 aliphatic carbocycles. The van der Waals surface area contributed by atoms with Gasteiger partial charge in [0, 0.05) is 11.6 Å². The minimum absolute atomic E-state index is 0.116. The number of nitrogens with one attached hydrogen (secondary N) is 1. The van der Waals surface area contributed by atoms with Gasteiger partial charge >= 0.3 is 0 Å². The SMILES string of the molecule is COc1ccc(CNc2ccc(S(=O)(=O)c3ccc(Cl)cc3)nn2)cc1. The Labute approximate surface area is 156 Å². The van der Waals surface area contributed by atoms with Gasteiger partial charge in [-0.15, -0.1) is 10.2 Å². The maximum absolute atomic E-state index is 12.5. The summed E-state index contributed by atoms with van der Waals surface area (Å²) in [6, 6.07) is 16.5. The van der Waals surface area contributed by atoms with Gasteiger partial charge < -0.3 is 10.1 Å². The van der Waals surface area contributed by atoms with E-state index >= 15 is 0 Å². The molecular weight excluding hydrogens is 374 g/mol. The molecule has 0 bridgehead atoms. The fourth-order valence-corrected chi connectivity index (χ4v) is 3.49. The quantitative estimate of drug-likeness (QED) is 0.693. The van der Waals surface area contributed by atoms with Crippen molar-refractivity contribution < 1.29 is 13.2 Å². The summed E-state index contributed by atoms with van der Waals surface area (Å²) in [6.45, 7) is 0.530. The van der Waals surface area contributed by atoms with Gasteiger partial charge in [-0.25, -0.2) is 8.42 Å². The molecule has 0 spiro atoms. The molecule has 0 aliphatic heterocycles. The monoisotopic (exact) mass is 389 g/mol. The molecule has 0 saturated heterocycles. The van der Waals surface area contributed by atoms with Crippen molar-refractivity contribution in [3.63, 3.8) is 0 Å². The van der Waals surface area contributed by atoms with E-state index in [9.17, 15) is 8.42 Å². The Morgan fingerprint density at radius 3 is 2.23 bits per heavy atom. The fourth-order valence-electron chi connectivity index (χ4n) is 2.23. The van der Waals surface area contributed by atoms with Crippen LogP contribution in [0.3, 0.4) is 0 Å². The van der Waals surface area contributed by atoms with E-state index in [1.165, 1.54) is 30.3 Å². The van der Waals surface area contributed by atoms with Gasteiger partial charge in [-0.1, -0.05) is 23.7 Å². The van der Waals surface area contributed by atoms with Crippen LogP contribution >= 0.6 is 11.6 Å². The average molecular weight is 390 g/mol. The van der Waals surface area contributed by atoms with Crippen LogP contribution in [-0.4, -0.2) is 25.7 Å². The molecule has 0 amide bonds. The van der Waals surface area contributed by atoms with E-state index in [4.69, 9.17) is 16.3 Å². The highest BCUT2D eigenvalue weighted by Gasteiger charge is 2.19.